The van der Waals surface area contributed by atoms with E-state index in [0.29, 0.717) is 5.69 Å². The number of ether oxygens (including phenoxy) is 1. The average Bonchev–Trinajstić information content (AvgIpc) is 2.64. The van der Waals surface area contributed by atoms with Crippen molar-refractivity contribution < 1.29 is 24.0 Å². The standard InChI is InChI=1S/C19H20N4O6/c1-19(2,3)29-18(26)20-14-8-4-6-12(10-14)16(24)21-22-17(25)13-7-5-9-15(11-13)23(27)28/h4-11H,1-3H3,(H,20,26)(H,21,24)(H,22,25). The van der Waals surface area contributed by atoms with E-state index in [1.807, 2.05) is 0 Å². The first kappa shape index (κ1) is 21.4. The highest BCUT2D eigenvalue weighted by atomic mass is 16.6. The number of carbonyl (C=O) groups excluding carboxylic acids is 3. The average molecular weight is 400 g/mol. The number of nitrogens with zero attached hydrogens (tertiary/aromatic N) is 1. The van der Waals surface area contributed by atoms with E-state index in [2.05, 4.69) is 16.2 Å². The third kappa shape index (κ3) is 6.61. The van der Waals surface area contributed by atoms with E-state index < -0.39 is 28.4 Å². The van der Waals surface area contributed by atoms with Crippen molar-refractivity contribution in [3.8, 4) is 0 Å². The van der Waals surface area contributed by atoms with Crippen LogP contribution in [0.1, 0.15) is 41.5 Å². The Morgan fingerprint density at radius 2 is 1.48 bits per heavy atom. The highest BCUT2D eigenvalue weighted by Crippen LogP contribution is 2.14. The van der Waals surface area contributed by atoms with Crippen LogP contribution >= 0.6 is 0 Å². The number of nitro benzene ring substituents is 1. The number of carbonyl (C=O) groups is 3. The lowest BCUT2D eigenvalue weighted by Gasteiger charge is -2.19. The number of non-ortho nitro benzene ring substituents is 1. The van der Waals surface area contributed by atoms with Crippen molar-refractivity contribution in [2.24, 2.45) is 0 Å². The van der Waals surface area contributed by atoms with Crippen LogP contribution < -0.4 is 16.2 Å². The molecule has 0 aliphatic heterocycles. The SMILES string of the molecule is CC(C)(C)OC(=O)Nc1cccc(C(=O)NNC(=O)c2cccc([N+](=O)[O-])c2)c1. The maximum atomic E-state index is 12.2. The van der Waals surface area contributed by atoms with Gasteiger partial charge in [-0.15, -0.1) is 0 Å². The minimum Gasteiger partial charge on any atom is -0.444 e. The normalized spacial score (nSPS) is 10.6. The molecule has 0 heterocycles. The van der Waals surface area contributed by atoms with Gasteiger partial charge in [-0.2, -0.15) is 0 Å². The number of hydrogen-bond acceptors (Lipinski definition) is 6. The van der Waals surface area contributed by atoms with Crippen molar-refractivity contribution in [3.05, 3.63) is 69.8 Å². The summed E-state index contributed by atoms with van der Waals surface area (Å²) in [5, 5.41) is 13.3. The monoisotopic (exact) mass is 400 g/mol. The summed E-state index contributed by atoms with van der Waals surface area (Å²) in [7, 11) is 0. The van der Waals surface area contributed by atoms with Crippen molar-refractivity contribution in [2.75, 3.05) is 5.32 Å². The van der Waals surface area contributed by atoms with Gasteiger partial charge in [0.2, 0.25) is 0 Å². The number of anilines is 1. The topological polar surface area (TPSA) is 140 Å². The zero-order chi connectivity index (χ0) is 21.6. The number of nitro groups is 1. The Morgan fingerprint density at radius 3 is 2.03 bits per heavy atom. The van der Waals surface area contributed by atoms with Gasteiger partial charge in [-0.05, 0) is 45.0 Å². The summed E-state index contributed by atoms with van der Waals surface area (Å²) in [4.78, 5) is 46.3. The lowest BCUT2D eigenvalue weighted by Crippen LogP contribution is -2.41. The van der Waals surface area contributed by atoms with E-state index in [0.717, 1.165) is 6.07 Å². The predicted molar refractivity (Wildman–Crippen MR) is 104 cm³/mol. The van der Waals surface area contributed by atoms with Gasteiger partial charge in [0, 0.05) is 28.9 Å². The Labute approximate surface area is 166 Å². The molecule has 0 aromatic heterocycles. The van der Waals surface area contributed by atoms with E-state index in [-0.39, 0.29) is 16.8 Å². The molecule has 2 aromatic rings. The molecule has 3 N–H and O–H groups in total. The fourth-order valence-electron chi connectivity index (χ4n) is 2.18. The van der Waals surface area contributed by atoms with Gasteiger partial charge in [0.25, 0.3) is 17.5 Å². The van der Waals surface area contributed by atoms with Crippen LogP contribution in [0.2, 0.25) is 0 Å². The molecule has 0 bridgehead atoms. The first-order valence-corrected chi connectivity index (χ1v) is 8.50. The van der Waals surface area contributed by atoms with Crippen LogP contribution in [0.5, 0.6) is 0 Å². The molecule has 0 saturated heterocycles. The third-order valence-electron chi connectivity index (χ3n) is 3.38. The summed E-state index contributed by atoms with van der Waals surface area (Å²) in [6.07, 6.45) is -0.672. The van der Waals surface area contributed by atoms with Gasteiger partial charge in [-0.3, -0.25) is 35.9 Å². The minimum absolute atomic E-state index is 0.0137. The highest BCUT2D eigenvalue weighted by molar-refractivity contribution is 6.00. The van der Waals surface area contributed by atoms with Crippen LogP contribution in [0.4, 0.5) is 16.2 Å². The van der Waals surface area contributed by atoms with Crippen LogP contribution in [0.3, 0.4) is 0 Å². The molecule has 2 rings (SSSR count). The van der Waals surface area contributed by atoms with Crippen molar-refractivity contribution >= 4 is 29.3 Å². The Bertz CT molecular complexity index is 952. The summed E-state index contributed by atoms with van der Waals surface area (Å²) < 4.78 is 5.14. The Morgan fingerprint density at radius 1 is 0.931 bits per heavy atom. The molecular formula is C19H20N4O6. The van der Waals surface area contributed by atoms with Gasteiger partial charge in [0.05, 0.1) is 4.92 Å². The first-order chi connectivity index (χ1) is 13.5. The van der Waals surface area contributed by atoms with Gasteiger partial charge in [0.1, 0.15) is 5.60 Å². The van der Waals surface area contributed by atoms with Crippen LogP contribution in [-0.4, -0.2) is 28.4 Å². The number of nitrogens with one attached hydrogen (secondary N) is 3. The van der Waals surface area contributed by atoms with E-state index >= 15 is 0 Å². The fraction of sp³-hybridized carbons (Fsp3) is 0.211. The van der Waals surface area contributed by atoms with E-state index in [1.54, 1.807) is 32.9 Å². The molecule has 10 heteroatoms. The second kappa shape index (κ2) is 8.83. The number of hydrogen-bond donors (Lipinski definition) is 3. The molecule has 152 valence electrons. The van der Waals surface area contributed by atoms with Crippen molar-refractivity contribution in [2.45, 2.75) is 26.4 Å². The van der Waals surface area contributed by atoms with Crippen LogP contribution in [0.25, 0.3) is 0 Å². The predicted octanol–water partition coefficient (Wildman–Crippen LogP) is 3.02. The summed E-state index contributed by atoms with van der Waals surface area (Å²) in [6.45, 7) is 5.17. The fourth-order valence-corrected chi connectivity index (χ4v) is 2.18. The van der Waals surface area contributed by atoms with Crippen molar-refractivity contribution in [1.82, 2.24) is 10.9 Å². The molecule has 0 spiro atoms. The van der Waals surface area contributed by atoms with Gasteiger partial charge in [-0.1, -0.05) is 12.1 Å². The van der Waals surface area contributed by atoms with E-state index in [9.17, 15) is 24.5 Å². The lowest BCUT2D eigenvalue weighted by molar-refractivity contribution is -0.384. The second-order valence-electron chi connectivity index (χ2n) is 6.92. The molecule has 0 atom stereocenters. The number of benzene rings is 2. The summed E-state index contributed by atoms with van der Waals surface area (Å²) >= 11 is 0. The van der Waals surface area contributed by atoms with Crippen LogP contribution in [-0.2, 0) is 4.74 Å². The number of hydrazine groups is 1. The van der Waals surface area contributed by atoms with Crippen molar-refractivity contribution in [3.63, 3.8) is 0 Å². The summed E-state index contributed by atoms with van der Waals surface area (Å²) in [5.41, 5.74) is 3.99. The van der Waals surface area contributed by atoms with E-state index in [4.69, 9.17) is 4.74 Å². The molecule has 2 aromatic carbocycles. The zero-order valence-electron chi connectivity index (χ0n) is 16.0. The number of amides is 3. The Kier molecular flexibility index (Phi) is 6.50. The largest absolute Gasteiger partial charge is 0.444 e. The van der Waals surface area contributed by atoms with Gasteiger partial charge in [0.15, 0.2) is 0 Å². The summed E-state index contributed by atoms with van der Waals surface area (Å²) in [6, 6.07) is 11.1. The molecule has 10 nitrogen and oxygen atoms in total. The molecule has 0 saturated carbocycles. The van der Waals surface area contributed by atoms with Gasteiger partial charge < -0.3 is 4.74 Å². The first-order valence-electron chi connectivity index (χ1n) is 8.50. The quantitative estimate of drug-likeness (QED) is 0.532. The summed E-state index contributed by atoms with van der Waals surface area (Å²) in [5.74, 6) is -1.36. The van der Waals surface area contributed by atoms with Gasteiger partial charge >= 0.3 is 6.09 Å². The molecular weight excluding hydrogens is 380 g/mol. The Hall–Kier alpha value is -3.95. The zero-order valence-corrected chi connectivity index (χ0v) is 16.0. The third-order valence-corrected chi connectivity index (χ3v) is 3.38. The molecule has 0 radical (unpaired) electrons. The molecule has 0 aliphatic rings. The van der Waals surface area contributed by atoms with Crippen LogP contribution in [0.15, 0.2) is 48.5 Å². The molecule has 29 heavy (non-hydrogen) atoms. The van der Waals surface area contributed by atoms with Crippen molar-refractivity contribution in [1.29, 1.82) is 0 Å². The maximum Gasteiger partial charge on any atom is 0.412 e. The minimum atomic E-state index is -0.718. The van der Waals surface area contributed by atoms with Crippen LogP contribution in [0, 0.1) is 10.1 Å². The van der Waals surface area contributed by atoms with Gasteiger partial charge in [-0.25, -0.2) is 4.79 Å². The lowest BCUT2D eigenvalue weighted by atomic mass is 10.2. The molecule has 0 fully saturated rings. The molecule has 3 amide bonds. The number of rotatable bonds is 4. The maximum absolute atomic E-state index is 12.2. The molecule has 0 unspecified atom stereocenters. The smallest absolute Gasteiger partial charge is 0.412 e. The van der Waals surface area contributed by atoms with E-state index in [1.165, 1.54) is 30.3 Å². The second-order valence-corrected chi connectivity index (χ2v) is 6.92. The highest BCUT2D eigenvalue weighted by Gasteiger charge is 2.17. The molecule has 0 aliphatic carbocycles. The Balaban J connectivity index is 1.99.